The molecule has 8 heteroatoms. The Balaban J connectivity index is 2.09. The highest BCUT2D eigenvalue weighted by Gasteiger charge is 2.17. The molecule has 4 nitrogen and oxygen atoms in total. The van der Waals surface area contributed by atoms with Crippen molar-refractivity contribution < 1.29 is 9.59 Å². The number of anilines is 2. The van der Waals surface area contributed by atoms with Gasteiger partial charge in [-0.05, 0) is 30.3 Å². The molecular weight excluding hydrogens is 370 g/mol. The third kappa shape index (κ3) is 4.05. The summed E-state index contributed by atoms with van der Waals surface area (Å²) in [6.45, 7) is 0. The number of carbonyl (C=O) groups is 2. The van der Waals surface area contributed by atoms with Crippen molar-refractivity contribution in [3.05, 3.63) is 56.5 Å². The monoisotopic (exact) mass is 376 g/mol. The highest BCUT2D eigenvalue weighted by Crippen LogP contribution is 2.30. The Morgan fingerprint density at radius 3 is 1.91 bits per heavy atom. The first-order valence-electron chi connectivity index (χ1n) is 5.90. The molecule has 0 bridgehead atoms. The number of hydrogen-bond acceptors (Lipinski definition) is 2. The molecule has 0 saturated carbocycles. The minimum absolute atomic E-state index is 0.167. The van der Waals surface area contributed by atoms with Crippen LogP contribution in [0.15, 0.2) is 36.4 Å². The molecular formula is C14H8Cl4N2O2. The van der Waals surface area contributed by atoms with Gasteiger partial charge in [0.05, 0.1) is 25.8 Å². The average molecular weight is 378 g/mol. The van der Waals surface area contributed by atoms with Gasteiger partial charge < -0.3 is 10.6 Å². The van der Waals surface area contributed by atoms with E-state index in [0.717, 1.165) is 0 Å². The van der Waals surface area contributed by atoms with Crippen LogP contribution in [0.3, 0.4) is 0 Å². The molecule has 0 fully saturated rings. The van der Waals surface area contributed by atoms with Crippen molar-refractivity contribution in [1.82, 2.24) is 0 Å². The Morgan fingerprint density at radius 2 is 1.32 bits per heavy atom. The van der Waals surface area contributed by atoms with Crippen LogP contribution >= 0.6 is 46.4 Å². The highest BCUT2D eigenvalue weighted by molar-refractivity contribution is 6.47. The van der Waals surface area contributed by atoms with Gasteiger partial charge in [-0.25, -0.2) is 0 Å². The first kappa shape index (κ1) is 16.9. The summed E-state index contributed by atoms with van der Waals surface area (Å²) in [5, 5.41) is 5.79. The summed E-state index contributed by atoms with van der Waals surface area (Å²) >= 11 is 23.4. The molecule has 2 rings (SSSR count). The molecule has 2 amide bonds. The van der Waals surface area contributed by atoms with Gasteiger partial charge in [0, 0.05) is 5.69 Å². The average Bonchev–Trinajstić information content (AvgIpc) is 2.46. The Kier molecular flexibility index (Phi) is 5.53. The Hall–Kier alpha value is -1.46. The summed E-state index contributed by atoms with van der Waals surface area (Å²) in [5.74, 6) is -1.81. The normalized spacial score (nSPS) is 10.2. The van der Waals surface area contributed by atoms with Crippen LogP contribution in [0.25, 0.3) is 0 Å². The smallest absolute Gasteiger partial charge is 0.314 e. The zero-order valence-corrected chi connectivity index (χ0v) is 13.8. The predicted octanol–water partition coefficient (Wildman–Crippen LogP) is 4.88. The highest BCUT2D eigenvalue weighted by atomic mass is 35.5. The van der Waals surface area contributed by atoms with Crippen LogP contribution in [-0.2, 0) is 9.59 Å². The molecule has 22 heavy (non-hydrogen) atoms. The number of carbonyl (C=O) groups excluding carboxylic acids is 2. The molecule has 2 aromatic rings. The van der Waals surface area contributed by atoms with Gasteiger partial charge in [-0.3, -0.25) is 9.59 Å². The summed E-state index contributed by atoms with van der Waals surface area (Å²) in [6.07, 6.45) is 0. The van der Waals surface area contributed by atoms with Gasteiger partial charge in [-0.1, -0.05) is 52.5 Å². The second kappa shape index (κ2) is 7.20. The quantitative estimate of drug-likeness (QED) is 0.733. The minimum atomic E-state index is -0.916. The second-order valence-electron chi connectivity index (χ2n) is 4.13. The van der Waals surface area contributed by atoms with E-state index in [1.54, 1.807) is 18.2 Å². The number of halogens is 4. The van der Waals surface area contributed by atoms with Gasteiger partial charge in [0.2, 0.25) is 0 Å². The van der Waals surface area contributed by atoms with E-state index >= 15 is 0 Å². The van der Waals surface area contributed by atoms with E-state index in [9.17, 15) is 9.59 Å². The topological polar surface area (TPSA) is 58.2 Å². The zero-order chi connectivity index (χ0) is 16.3. The van der Waals surface area contributed by atoms with Crippen LogP contribution in [-0.4, -0.2) is 11.8 Å². The largest absolute Gasteiger partial charge is 0.318 e. The second-order valence-corrected chi connectivity index (χ2v) is 5.76. The SMILES string of the molecule is O=C(Nc1ccc(Cl)c(Cl)c1)C(=O)Nc1c(Cl)cccc1Cl. The molecule has 0 radical (unpaired) electrons. The first-order valence-corrected chi connectivity index (χ1v) is 7.41. The van der Waals surface area contributed by atoms with Crippen molar-refractivity contribution in [1.29, 1.82) is 0 Å². The molecule has 114 valence electrons. The third-order valence-corrected chi connectivity index (χ3v) is 3.95. The third-order valence-electron chi connectivity index (χ3n) is 2.58. The number of hydrogen-bond donors (Lipinski definition) is 2. The molecule has 0 aliphatic rings. The maximum Gasteiger partial charge on any atom is 0.314 e. The summed E-state index contributed by atoms with van der Waals surface area (Å²) < 4.78 is 0. The molecule has 0 saturated heterocycles. The number of nitrogens with one attached hydrogen (secondary N) is 2. The van der Waals surface area contributed by atoms with E-state index in [2.05, 4.69) is 10.6 Å². The predicted molar refractivity (Wildman–Crippen MR) is 90.2 cm³/mol. The van der Waals surface area contributed by atoms with Gasteiger partial charge in [-0.15, -0.1) is 0 Å². The van der Waals surface area contributed by atoms with Crippen molar-refractivity contribution in [2.24, 2.45) is 0 Å². The van der Waals surface area contributed by atoms with Gasteiger partial charge in [0.15, 0.2) is 0 Å². The van der Waals surface area contributed by atoms with Crippen LogP contribution in [0.5, 0.6) is 0 Å². The van der Waals surface area contributed by atoms with Crippen molar-refractivity contribution >= 4 is 69.6 Å². The van der Waals surface area contributed by atoms with Crippen LogP contribution in [0.4, 0.5) is 11.4 Å². The molecule has 0 aliphatic heterocycles. The number of benzene rings is 2. The van der Waals surface area contributed by atoms with Gasteiger partial charge in [-0.2, -0.15) is 0 Å². The fourth-order valence-corrected chi connectivity index (χ4v) is 2.34. The van der Waals surface area contributed by atoms with E-state index in [0.29, 0.717) is 10.7 Å². The first-order chi connectivity index (χ1) is 10.4. The lowest BCUT2D eigenvalue weighted by molar-refractivity contribution is -0.132. The van der Waals surface area contributed by atoms with Crippen molar-refractivity contribution in [2.45, 2.75) is 0 Å². The minimum Gasteiger partial charge on any atom is -0.318 e. The van der Waals surface area contributed by atoms with Gasteiger partial charge in [0.1, 0.15) is 0 Å². The van der Waals surface area contributed by atoms with Crippen molar-refractivity contribution in [2.75, 3.05) is 10.6 Å². The van der Waals surface area contributed by atoms with E-state index in [-0.39, 0.29) is 20.8 Å². The summed E-state index contributed by atoms with van der Waals surface area (Å²) in [5.41, 5.74) is 0.500. The molecule has 0 unspecified atom stereocenters. The maximum absolute atomic E-state index is 11.9. The lowest BCUT2D eigenvalue weighted by atomic mass is 10.3. The van der Waals surface area contributed by atoms with Crippen LogP contribution in [0.1, 0.15) is 0 Å². The molecule has 0 atom stereocenters. The van der Waals surface area contributed by atoms with Crippen LogP contribution < -0.4 is 10.6 Å². The molecule has 0 spiro atoms. The number of rotatable bonds is 2. The number of para-hydroxylation sites is 1. The summed E-state index contributed by atoms with van der Waals surface area (Å²) in [6, 6.07) is 9.15. The standard InChI is InChI=1S/C14H8Cl4N2O2/c15-8-5-4-7(6-11(8)18)19-13(21)14(22)20-12-9(16)2-1-3-10(12)17/h1-6H,(H,19,21)(H,20,22). The van der Waals surface area contributed by atoms with Gasteiger partial charge in [0.25, 0.3) is 0 Å². The fraction of sp³-hybridized carbons (Fsp3) is 0. The van der Waals surface area contributed by atoms with Crippen molar-refractivity contribution in [3.63, 3.8) is 0 Å². The van der Waals surface area contributed by atoms with E-state index in [1.807, 2.05) is 0 Å². The van der Waals surface area contributed by atoms with E-state index in [1.165, 1.54) is 18.2 Å². The maximum atomic E-state index is 11.9. The number of amides is 2. The van der Waals surface area contributed by atoms with Gasteiger partial charge >= 0.3 is 11.8 Å². The Morgan fingerprint density at radius 1 is 0.727 bits per heavy atom. The molecule has 0 aliphatic carbocycles. The summed E-state index contributed by atoms with van der Waals surface area (Å²) in [4.78, 5) is 23.7. The molecule has 0 heterocycles. The lowest BCUT2D eigenvalue weighted by Crippen LogP contribution is -2.29. The van der Waals surface area contributed by atoms with Crippen LogP contribution in [0.2, 0.25) is 20.1 Å². The fourth-order valence-electron chi connectivity index (χ4n) is 1.55. The lowest BCUT2D eigenvalue weighted by Gasteiger charge is -2.09. The molecule has 2 aromatic carbocycles. The summed E-state index contributed by atoms with van der Waals surface area (Å²) in [7, 11) is 0. The molecule has 0 aromatic heterocycles. The van der Waals surface area contributed by atoms with E-state index < -0.39 is 11.8 Å². The Bertz CT molecular complexity index is 729. The zero-order valence-electron chi connectivity index (χ0n) is 10.8. The van der Waals surface area contributed by atoms with E-state index in [4.69, 9.17) is 46.4 Å². The Labute approximate surface area is 146 Å². The van der Waals surface area contributed by atoms with Crippen LogP contribution in [0, 0.1) is 0 Å². The molecule has 2 N–H and O–H groups in total. The van der Waals surface area contributed by atoms with Crippen molar-refractivity contribution in [3.8, 4) is 0 Å².